The highest BCUT2D eigenvalue weighted by Crippen LogP contribution is 2.33. The van der Waals surface area contributed by atoms with Crippen molar-refractivity contribution in [3.8, 4) is 17.1 Å². The van der Waals surface area contributed by atoms with Gasteiger partial charge in [-0.3, -0.25) is 14.3 Å². The largest absolute Gasteiger partial charge is 0.352 e. The topological polar surface area (TPSA) is 72.7 Å². The van der Waals surface area contributed by atoms with Crippen molar-refractivity contribution in [2.45, 2.75) is 75.7 Å². The van der Waals surface area contributed by atoms with Gasteiger partial charge in [-0.25, -0.2) is 0 Å². The van der Waals surface area contributed by atoms with Crippen LogP contribution in [-0.4, -0.2) is 36.9 Å². The van der Waals surface area contributed by atoms with Crippen molar-refractivity contribution in [2.75, 3.05) is 0 Å². The fourth-order valence-electron chi connectivity index (χ4n) is 4.33. The van der Waals surface area contributed by atoms with Crippen LogP contribution in [0.1, 0.15) is 57.6 Å². The number of carbonyl (C=O) groups is 1. The van der Waals surface area contributed by atoms with Crippen LogP contribution in [0.15, 0.2) is 47.9 Å². The minimum Gasteiger partial charge on any atom is -0.352 e. The average molecular weight is 450 g/mol. The van der Waals surface area contributed by atoms with Gasteiger partial charge < -0.3 is 5.32 Å². The first-order valence-electron chi connectivity index (χ1n) is 11.6. The van der Waals surface area contributed by atoms with E-state index in [4.69, 9.17) is 0 Å². The summed E-state index contributed by atoms with van der Waals surface area (Å²) in [6.45, 7) is 6.28. The SMILES string of the molecule is CCc1cccc(CC)c1-n1c(S[C@@H](C)C(=O)NC2CCCC2)nnc1-c1cccnc1. The molecular formula is C25H31N5OS. The number of aryl methyl sites for hydroxylation is 2. The van der Waals surface area contributed by atoms with Gasteiger partial charge in [0.05, 0.1) is 10.9 Å². The lowest BCUT2D eigenvalue weighted by Gasteiger charge is -2.20. The van der Waals surface area contributed by atoms with Crippen LogP contribution in [0.3, 0.4) is 0 Å². The standard InChI is InChI=1S/C25H31N5OS/c1-4-18-10-8-11-19(5-2)22(18)30-23(20-12-9-15-26-16-20)28-29-25(30)32-17(3)24(31)27-21-13-6-7-14-21/h8-12,15-17,21H,4-7,13-14H2,1-3H3,(H,27,31)/t17-/m0/s1. The number of hydrogen-bond acceptors (Lipinski definition) is 5. The van der Waals surface area contributed by atoms with Crippen molar-refractivity contribution in [3.05, 3.63) is 53.9 Å². The molecule has 1 fully saturated rings. The molecule has 1 aliphatic carbocycles. The molecule has 2 aromatic heterocycles. The summed E-state index contributed by atoms with van der Waals surface area (Å²) in [5, 5.41) is 12.8. The number of carbonyl (C=O) groups excluding carboxylic acids is 1. The molecular weight excluding hydrogens is 418 g/mol. The van der Waals surface area contributed by atoms with Gasteiger partial charge in [0.2, 0.25) is 5.91 Å². The summed E-state index contributed by atoms with van der Waals surface area (Å²) < 4.78 is 2.12. The summed E-state index contributed by atoms with van der Waals surface area (Å²) >= 11 is 1.47. The number of nitrogens with one attached hydrogen (secondary N) is 1. The first-order chi connectivity index (χ1) is 15.6. The first-order valence-corrected chi connectivity index (χ1v) is 12.4. The third kappa shape index (κ3) is 4.72. The number of hydrogen-bond donors (Lipinski definition) is 1. The van der Waals surface area contributed by atoms with Gasteiger partial charge >= 0.3 is 0 Å². The fourth-order valence-corrected chi connectivity index (χ4v) is 5.19. The quantitative estimate of drug-likeness (QED) is 0.490. The predicted molar refractivity (Wildman–Crippen MR) is 129 cm³/mol. The Bertz CT molecular complexity index is 1040. The molecule has 168 valence electrons. The minimum absolute atomic E-state index is 0.0684. The molecule has 1 atom stereocenters. The predicted octanol–water partition coefficient (Wildman–Crippen LogP) is 4.99. The maximum absolute atomic E-state index is 12.9. The van der Waals surface area contributed by atoms with Crippen molar-refractivity contribution in [1.29, 1.82) is 0 Å². The molecule has 0 aliphatic heterocycles. The molecule has 1 saturated carbocycles. The smallest absolute Gasteiger partial charge is 0.233 e. The molecule has 6 nitrogen and oxygen atoms in total. The maximum atomic E-state index is 12.9. The second-order valence-corrected chi connectivity index (χ2v) is 9.57. The molecule has 1 N–H and O–H groups in total. The Morgan fingerprint density at radius 2 is 1.84 bits per heavy atom. The van der Waals surface area contributed by atoms with Gasteiger partial charge in [0, 0.05) is 24.0 Å². The number of thioether (sulfide) groups is 1. The van der Waals surface area contributed by atoms with Crippen LogP contribution in [0, 0.1) is 0 Å². The number of aromatic nitrogens is 4. The van der Waals surface area contributed by atoms with E-state index in [-0.39, 0.29) is 11.2 Å². The molecule has 4 rings (SSSR count). The Balaban J connectivity index is 1.74. The lowest BCUT2D eigenvalue weighted by atomic mass is 10.0. The zero-order chi connectivity index (χ0) is 22.5. The van der Waals surface area contributed by atoms with Crippen LogP contribution >= 0.6 is 11.8 Å². The molecule has 0 unspecified atom stereocenters. The Morgan fingerprint density at radius 1 is 1.12 bits per heavy atom. The van der Waals surface area contributed by atoms with E-state index in [0.29, 0.717) is 6.04 Å². The molecule has 1 aliphatic rings. The molecule has 0 bridgehead atoms. The van der Waals surface area contributed by atoms with Crippen LogP contribution in [-0.2, 0) is 17.6 Å². The summed E-state index contributed by atoms with van der Waals surface area (Å²) in [6, 6.07) is 10.6. The fraction of sp³-hybridized carbons (Fsp3) is 0.440. The number of nitrogens with zero attached hydrogens (tertiary/aromatic N) is 4. The van der Waals surface area contributed by atoms with Gasteiger partial charge in [-0.15, -0.1) is 10.2 Å². The molecule has 3 aromatic rings. The third-order valence-corrected chi connectivity index (χ3v) is 7.14. The van der Waals surface area contributed by atoms with Gasteiger partial charge in [-0.05, 0) is 55.9 Å². The lowest BCUT2D eigenvalue weighted by Crippen LogP contribution is -2.37. The normalized spacial score (nSPS) is 15.1. The first kappa shape index (κ1) is 22.5. The summed E-state index contributed by atoms with van der Waals surface area (Å²) in [7, 11) is 0. The highest BCUT2D eigenvalue weighted by Gasteiger charge is 2.26. The van der Waals surface area contributed by atoms with E-state index in [1.807, 2.05) is 25.3 Å². The highest BCUT2D eigenvalue weighted by atomic mass is 32.2. The van der Waals surface area contributed by atoms with Crippen molar-refractivity contribution >= 4 is 17.7 Å². The van der Waals surface area contributed by atoms with E-state index in [0.717, 1.165) is 47.9 Å². The summed E-state index contributed by atoms with van der Waals surface area (Å²) in [4.78, 5) is 17.2. The van der Waals surface area contributed by atoms with Crippen molar-refractivity contribution in [1.82, 2.24) is 25.1 Å². The molecule has 7 heteroatoms. The highest BCUT2D eigenvalue weighted by molar-refractivity contribution is 8.00. The lowest BCUT2D eigenvalue weighted by molar-refractivity contribution is -0.120. The Kier molecular flexibility index (Phi) is 7.25. The second kappa shape index (κ2) is 10.3. The molecule has 32 heavy (non-hydrogen) atoms. The Morgan fingerprint density at radius 3 is 2.47 bits per heavy atom. The van der Waals surface area contributed by atoms with Crippen LogP contribution < -0.4 is 5.32 Å². The van der Waals surface area contributed by atoms with E-state index in [9.17, 15) is 4.79 Å². The Hall–Kier alpha value is -2.67. The van der Waals surface area contributed by atoms with Crippen molar-refractivity contribution < 1.29 is 4.79 Å². The van der Waals surface area contributed by atoms with Crippen molar-refractivity contribution in [2.24, 2.45) is 0 Å². The number of rotatable bonds is 8. The second-order valence-electron chi connectivity index (χ2n) is 8.27. The molecule has 0 spiro atoms. The zero-order valence-electron chi connectivity index (χ0n) is 19.0. The Labute approximate surface area is 194 Å². The van der Waals surface area contributed by atoms with Crippen LogP contribution in [0.4, 0.5) is 0 Å². The summed E-state index contributed by atoms with van der Waals surface area (Å²) in [6.07, 6.45) is 9.91. The van der Waals surface area contributed by atoms with Crippen LogP contribution in [0.25, 0.3) is 17.1 Å². The minimum atomic E-state index is -0.265. The molecule has 0 radical (unpaired) electrons. The molecule has 1 amide bonds. The summed E-state index contributed by atoms with van der Waals surface area (Å²) in [5.74, 6) is 0.818. The molecule has 2 heterocycles. The van der Waals surface area contributed by atoms with Gasteiger partial charge in [0.15, 0.2) is 11.0 Å². The van der Waals surface area contributed by atoms with Crippen LogP contribution in [0.5, 0.6) is 0 Å². The number of benzene rings is 1. The third-order valence-electron chi connectivity index (χ3n) is 6.09. The van der Waals surface area contributed by atoms with Gasteiger partial charge in [-0.1, -0.05) is 56.7 Å². The average Bonchev–Trinajstić information content (AvgIpc) is 3.48. The van der Waals surface area contributed by atoms with E-state index < -0.39 is 0 Å². The van der Waals surface area contributed by atoms with E-state index in [1.165, 1.54) is 35.7 Å². The van der Waals surface area contributed by atoms with Gasteiger partial charge in [0.25, 0.3) is 0 Å². The monoisotopic (exact) mass is 449 g/mol. The zero-order valence-corrected chi connectivity index (χ0v) is 19.9. The molecule has 1 aromatic carbocycles. The summed E-state index contributed by atoms with van der Waals surface area (Å²) in [5.41, 5.74) is 4.49. The maximum Gasteiger partial charge on any atom is 0.233 e. The van der Waals surface area contributed by atoms with Crippen molar-refractivity contribution in [3.63, 3.8) is 0 Å². The van der Waals surface area contributed by atoms with E-state index in [2.05, 4.69) is 57.1 Å². The van der Waals surface area contributed by atoms with Gasteiger partial charge in [0.1, 0.15) is 0 Å². The number of para-hydroxylation sites is 1. The van der Waals surface area contributed by atoms with E-state index in [1.54, 1.807) is 6.20 Å². The number of amides is 1. The van der Waals surface area contributed by atoms with Gasteiger partial charge in [-0.2, -0.15) is 0 Å². The van der Waals surface area contributed by atoms with Crippen LogP contribution in [0.2, 0.25) is 0 Å². The van der Waals surface area contributed by atoms with E-state index >= 15 is 0 Å². The molecule has 0 saturated heterocycles. The number of pyridine rings is 1.